The number of halogens is 3. The molecule has 3 rings (SSSR count). The lowest BCUT2D eigenvalue weighted by Crippen LogP contribution is -2.40. The zero-order valence-electron chi connectivity index (χ0n) is 11.9. The molecule has 1 saturated carbocycles. The summed E-state index contributed by atoms with van der Waals surface area (Å²) in [6.07, 6.45) is 6.38. The molecule has 1 saturated heterocycles. The molecule has 0 bridgehead atoms. The van der Waals surface area contributed by atoms with Crippen LogP contribution in [0.3, 0.4) is 0 Å². The topological polar surface area (TPSA) is 35.2 Å². The van der Waals surface area contributed by atoms with Crippen LogP contribution in [-0.4, -0.2) is 12.2 Å². The molecule has 2 nitrogen and oxygen atoms in total. The molecule has 5 heteroatoms. The Labute approximate surface area is 132 Å². The lowest BCUT2D eigenvalue weighted by atomic mass is 9.79. The van der Waals surface area contributed by atoms with Crippen LogP contribution in [0.2, 0.25) is 0 Å². The van der Waals surface area contributed by atoms with Gasteiger partial charge >= 0.3 is 0 Å². The highest BCUT2D eigenvalue weighted by molar-refractivity contribution is 9.10. The van der Waals surface area contributed by atoms with Crippen LogP contribution in [0.1, 0.15) is 50.1 Å². The van der Waals surface area contributed by atoms with Gasteiger partial charge in [-0.05, 0) is 59.2 Å². The molecule has 2 unspecified atom stereocenters. The Balaban J connectivity index is 1.81. The summed E-state index contributed by atoms with van der Waals surface area (Å²) in [4.78, 5) is 0. The summed E-state index contributed by atoms with van der Waals surface area (Å²) in [6, 6.07) is 2.44. The highest BCUT2D eigenvalue weighted by Crippen LogP contribution is 2.45. The zero-order valence-corrected chi connectivity index (χ0v) is 13.5. The predicted molar refractivity (Wildman–Crippen MR) is 80.9 cm³/mol. The van der Waals surface area contributed by atoms with Crippen LogP contribution in [0.4, 0.5) is 8.78 Å². The second-order valence-electron chi connectivity index (χ2n) is 6.28. The Morgan fingerprint density at radius 1 is 1.29 bits per heavy atom. The van der Waals surface area contributed by atoms with E-state index in [2.05, 4.69) is 15.9 Å². The van der Waals surface area contributed by atoms with Gasteiger partial charge in [0.1, 0.15) is 0 Å². The van der Waals surface area contributed by atoms with Crippen molar-refractivity contribution in [2.45, 2.75) is 50.2 Å². The molecule has 116 valence electrons. The van der Waals surface area contributed by atoms with E-state index in [9.17, 15) is 8.78 Å². The number of benzene rings is 1. The third-order valence-electron chi connectivity index (χ3n) is 4.98. The van der Waals surface area contributed by atoms with Gasteiger partial charge < -0.3 is 10.5 Å². The van der Waals surface area contributed by atoms with Gasteiger partial charge in [-0.25, -0.2) is 8.78 Å². The number of ether oxygens (including phenoxy) is 1. The molecular formula is C16H20BrF2NO. The molecule has 0 amide bonds. The van der Waals surface area contributed by atoms with Crippen LogP contribution < -0.4 is 5.73 Å². The fraction of sp³-hybridized carbons (Fsp3) is 0.625. The molecule has 21 heavy (non-hydrogen) atoms. The van der Waals surface area contributed by atoms with E-state index in [1.54, 1.807) is 6.07 Å². The van der Waals surface area contributed by atoms with Crippen molar-refractivity contribution in [3.05, 3.63) is 33.8 Å². The van der Waals surface area contributed by atoms with E-state index < -0.39 is 11.6 Å². The van der Waals surface area contributed by atoms with Crippen molar-refractivity contribution < 1.29 is 13.5 Å². The second-order valence-corrected chi connectivity index (χ2v) is 7.07. The van der Waals surface area contributed by atoms with Gasteiger partial charge in [0, 0.05) is 12.6 Å². The maximum absolute atomic E-state index is 13.7. The third-order valence-corrected chi connectivity index (χ3v) is 5.78. The molecule has 2 atom stereocenters. The van der Waals surface area contributed by atoms with Gasteiger partial charge in [-0.1, -0.05) is 18.9 Å². The maximum atomic E-state index is 13.7. The molecule has 0 aromatic heterocycles. The summed E-state index contributed by atoms with van der Waals surface area (Å²) >= 11 is 3.15. The Hall–Kier alpha value is -0.520. The Morgan fingerprint density at radius 3 is 2.71 bits per heavy atom. The van der Waals surface area contributed by atoms with E-state index in [0.717, 1.165) is 31.7 Å². The standard InChI is InChI=1S/C16H20BrF2NO/c17-13-11(3-4-12(18)14(13)19)15(20)10-5-8-21-16(9-10)6-1-2-7-16/h3-4,10,15H,1-2,5-9,20H2. The molecule has 2 N–H and O–H groups in total. The van der Waals surface area contributed by atoms with Gasteiger partial charge in [0.05, 0.1) is 10.1 Å². The number of hydrogen-bond donors (Lipinski definition) is 1. The van der Waals surface area contributed by atoms with Crippen LogP contribution in [-0.2, 0) is 4.74 Å². The molecule has 0 radical (unpaired) electrons. The third kappa shape index (κ3) is 2.88. The van der Waals surface area contributed by atoms with E-state index in [-0.39, 0.29) is 22.0 Å². The van der Waals surface area contributed by atoms with E-state index in [0.29, 0.717) is 12.2 Å². The summed E-state index contributed by atoms with van der Waals surface area (Å²) in [5.41, 5.74) is 6.99. The molecular weight excluding hydrogens is 340 g/mol. The van der Waals surface area contributed by atoms with E-state index in [1.807, 2.05) is 0 Å². The van der Waals surface area contributed by atoms with Crippen LogP contribution in [0.25, 0.3) is 0 Å². The molecule has 1 aliphatic heterocycles. The predicted octanol–water partition coefficient (Wildman–Crippen LogP) is 4.47. The van der Waals surface area contributed by atoms with E-state index >= 15 is 0 Å². The average Bonchev–Trinajstić information content (AvgIpc) is 2.92. The molecule has 2 fully saturated rings. The molecule has 1 aromatic rings. The number of rotatable bonds is 2. The first kappa shape index (κ1) is 15.4. The van der Waals surface area contributed by atoms with Gasteiger partial charge in [0.15, 0.2) is 11.6 Å². The number of hydrogen-bond acceptors (Lipinski definition) is 2. The van der Waals surface area contributed by atoms with Gasteiger partial charge in [0.2, 0.25) is 0 Å². The summed E-state index contributed by atoms with van der Waals surface area (Å²) in [5.74, 6) is -1.46. The largest absolute Gasteiger partial charge is 0.375 e. The lowest BCUT2D eigenvalue weighted by molar-refractivity contribution is -0.0964. The van der Waals surface area contributed by atoms with Crippen LogP contribution in [0.15, 0.2) is 16.6 Å². The second kappa shape index (κ2) is 5.94. The molecule has 1 aliphatic carbocycles. The SMILES string of the molecule is NC(c1ccc(F)c(F)c1Br)C1CCOC2(CCCC2)C1. The number of nitrogens with two attached hydrogens (primary N) is 1. The van der Waals surface area contributed by atoms with Crippen LogP contribution in [0, 0.1) is 17.6 Å². The summed E-state index contributed by atoms with van der Waals surface area (Å²) in [7, 11) is 0. The molecule has 1 aromatic carbocycles. The summed E-state index contributed by atoms with van der Waals surface area (Å²) in [6.45, 7) is 0.708. The quantitative estimate of drug-likeness (QED) is 0.790. The van der Waals surface area contributed by atoms with Crippen molar-refractivity contribution in [2.75, 3.05) is 6.61 Å². The van der Waals surface area contributed by atoms with Gasteiger partial charge in [-0.3, -0.25) is 0 Å². The molecule has 2 aliphatic rings. The normalized spacial score (nSPS) is 26.2. The van der Waals surface area contributed by atoms with Crippen LogP contribution in [0.5, 0.6) is 0 Å². The Bertz CT molecular complexity index is 531. The van der Waals surface area contributed by atoms with Crippen molar-refractivity contribution >= 4 is 15.9 Å². The highest BCUT2D eigenvalue weighted by atomic mass is 79.9. The minimum atomic E-state index is -0.856. The Morgan fingerprint density at radius 2 is 2.00 bits per heavy atom. The highest BCUT2D eigenvalue weighted by Gasteiger charge is 2.41. The monoisotopic (exact) mass is 359 g/mol. The first-order valence-corrected chi connectivity index (χ1v) is 8.35. The van der Waals surface area contributed by atoms with E-state index in [4.69, 9.17) is 10.5 Å². The maximum Gasteiger partial charge on any atom is 0.173 e. The molecule has 1 spiro atoms. The summed E-state index contributed by atoms with van der Waals surface area (Å²) < 4.78 is 33.1. The van der Waals surface area contributed by atoms with Crippen molar-refractivity contribution in [1.29, 1.82) is 0 Å². The molecule has 1 heterocycles. The van der Waals surface area contributed by atoms with Gasteiger partial charge in [-0.15, -0.1) is 0 Å². The van der Waals surface area contributed by atoms with Crippen molar-refractivity contribution in [2.24, 2.45) is 11.7 Å². The lowest BCUT2D eigenvalue weighted by Gasteiger charge is -2.40. The fourth-order valence-corrected chi connectivity index (χ4v) is 4.38. The zero-order chi connectivity index (χ0) is 15.0. The average molecular weight is 360 g/mol. The van der Waals surface area contributed by atoms with Crippen molar-refractivity contribution in [1.82, 2.24) is 0 Å². The summed E-state index contributed by atoms with van der Waals surface area (Å²) in [5, 5.41) is 0. The van der Waals surface area contributed by atoms with Crippen molar-refractivity contribution in [3.63, 3.8) is 0 Å². The Kier molecular flexibility index (Phi) is 4.35. The van der Waals surface area contributed by atoms with Crippen LogP contribution >= 0.6 is 15.9 Å². The van der Waals surface area contributed by atoms with Gasteiger partial charge in [0.25, 0.3) is 0 Å². The fourth-order valence-electron chi connectivity index (χ4n) is 3.79. The van der Waals surface area contributed by atoms with Gasteiger partial charge in [-0.2, -0.15) is 0 Å². The minimum absolute atomic E-state index is 0.0222. The smallest absolute Gasteiger partial charge is 0.173 e. The van der Waals surface area contributed by atoms with E-state index in [1.165, 1.54) is 12.8 Å². The first-order valence-electron chi connectivity index (χ1n) is 7.55. The minimum Gasteiger partial charge on any atom is -0.375 e. The first-order chi connectivity index (χ1) is 10.0. The van der Waals surface area contributed by atoms with Crippen molar-refractivity contribution in [3.8, 4) is 0 Å².